The van der Waals surface area contributed by atoms with Crippen LogP contribution in [-0.2, 0) is 22.6 Å². The summed E-state index contributed by atoms with van der Waals surface area (Å²) >= 11 is 0. The molecule has 0 saturated carbocycles. The number of rotatable bonds is 10. The fraction of sp³-hybridized carbons (Fsp3) is 0.207. The third kappa shape index (κ3) is 7.14. The van der Waals surface area contributed by atoms with Gasteiger partial charge in [-0.15, -0.1) is 0 Å². The lowest BCUT2D eigenvalue weighted by Gasteiger charge is -2.20. The van der Waals surface area contributed by atoms with Crippen LogP contribution >= 0.6 is 0 Å². The number of amides is 2. The van der Waals surface area contributed by atoms with Gasteiger partial charge in [-0.2, -0.15) is 0 Å². The fourth-order valence-electron chi connectivity index (χ4n) is 3.92. The van der Waals surface area contributed by atoms with Crippen molar-refractivity contribution in [3.05, 3.63) is 108 Å². The minimum Gasteiger partial charge on any atom is -0.384 e. The summed E-state index contributed by atoms with van der Waals surface area (Å²) in [7, 11) is 0. The van der Waals surface area contributed by atoms with Crippen molar-refractivity contribution in [3.63, 3.8) is 0 Å². The summed E-state index contributed by atoms with van der Waals surface area (Å²) in [5, 5.41) is 8.03. The Morgan fingerprint density at radius 3 is 2.60 bits per heavy atom. The highest BCUT2D eigenvalue weighted by Gasteiger charge is 2.22. The van der Waals surface area contributed by atoms with Gasteiger partial charge in [-0.05, 0) is 53.0 Å². The summed E-state index contributed by atoms with van der Waals surface area (Å²) in [5.41, 5.74) is 9.31. The second kappa shape index (κ2) is 12.3. The second-order valence-corrected chi connectivity index (χ2v) is 8.35. The topological polar surface area (TPSA) is 97.1 Å². The SMILES string of the molecule is C=CC=C(C)C(=CC)CC(=O)NC(Cc1cccc2ccccc12)C(=O)NCc1ccc(N)nc1. The number of carbonyl (C=O) groups excluding carboxylic acids is 2. The van der Waals surface area contributed by atoms with Crippen molar-refractivity contribution in [3.8, 4) is 0 Å². The van der Waals surface area contributed by atoms with Crippen molar-refractivity contribution in [2.24, 2.45) is 0 Å². The summed E-state index contributed by atoms with van der Waals surface area (Å²) < 4.78 is 0. The second-order valence-electron chi connectivity index (χ2n) is 8.35. The summed E-state index contributed by atoms with van der Waals surface area (Å²) in [5.74, 6) is -0.0605. The number of nitrogens with two attached hydrogens (primary N) is 1. The van der Waals surface area contributed by atoms with Gasteiger partial charge in [0.05, 0.1) is 6.42 Å². The van der Waals surface area contributed by atoms with Gasteiger partial charge in [-0.1, -0.05) is 73.3 Å². The van der Waals surface area contributed by atoms with E-state index in [1.807, 2.05) is 74.5 Å². The summed E-state index contributed by atoms with van der Waals surface area (Å²) in [4.78, 5) is 30.3. The first-order valence-corrected chi connectivity index (χ1v) is 11.6. The van der Waals surface area contributed by atoms with Crippen LogP contribution in [0.3, 0.4) is 0 Å². The summed E-state index contributed by atoms with van der Waals surface area (Å²) in [6.45, 7) is 7.84. The maximum Gasteiger partial charge on any atom is 0.243 e. The highest BCUT2D eigenvalue weighted by molar-refractivity contribution is 5.91. The number of anilines is 1. The number of nitrogen functional groups attached to an aromatic ring is 1. The molecule has 0 aliphatic rings. The first-order valence-electron chi connectivity index (χ1n) is 11.6. The van der Waals surface area contributed by atoms with Gasteiger partial charge in [0.1, 0.15) is 11.9 Å². The van der Waals surface area contributed by atoms with E-state index in [1.54, 1.807) is 18.3 Å². The first-order chi connectivity index (χ1) is 16.9. The van der Waals surface area contributed by atoms with Crippen LogP contribution in [0.5, 0.6) is 0 Å². The highest BCUT2D eigenvalue weighted by Crippen LogP contribution is 2.20. The number of fused-ring (bicyclic) bond motifs is 1. The van der Waals surface area contributed by atoms with Crippen LogP contribution < -0.4 is 16.4 Å². The molecule has 0 saturated heterocycles. The lowest BCUT2D eigenvalue weighted by molar-refractivity contribution is -0.128. The maximum absolute atomic E-state index is 13.2. The molecule has 1 atom stereocenters. The minimum atomic E-state index is -0.739. The van der Waals surface area contributed by atoms with E-state index in [1.165, 1.54) is 0 Å². The largest absolute Gasteiger partial charge is 0.384 e. The number of aromatic nitrogens is 1. The molecule has 0 fully saturated rings. The Morgan fingerprint density at radius 2 is 1.89 bits per heavy atom. The van der Waals surface area contributed by atoms with Gasteiger partial charge in [0.15, 0.2) is 0 Å². The molecule has 2 amide bonds. The van der Waals surface area contributed by atoms with Crippen LogP contribution in [0.15, 0.2) is 96.7 Å². The van der Waals surface area contributed by atoms with E-state index >= 15 is 0 Å². The molecule has 3 aromatic rings. The number of allylic oxidation sites excluding steroid dienone is 4. The van der Waals surface area contributed by atoms with Crippen LogP contribution in [0, 0.1) is 0 Å². The van der Waals surface area contributed by atoms with E-state index in [0.717, 1.165) is 33.0 Å². The lowest BCUT2D eigenvalue weighted by Crippen LogP contribution is -2.48. The van der Waals surface area contributed by atoms with Gasteiger partial charge in [-0.3, -0.25) is 9.59 Å². The highest BCUT2D eigenvalue weighted by atomic mass is 16.2. The number of nitrogens with zero attached hydrogens (tertiary/aromatic N) is 1. The number of hydrogen-bond donors (Lipinski definition) is 3. The predicted octanol–water partition coefficient (Wildman–Crippen LogP) is 4.63. The lowest BCUT2D eigenvalue weighted by atomic mass is 9.97. The molecule has 0 radical (unpaired) electrons. The number of pyridine rings is 1. The van der Waals surface area contributed by atoms with Crippen molar-refractivity contribution in [1.29, 1.82) is 0 Å². The molecule has 1 unspecified atom stereocenters. The van der Waals surface area contributed by atoms with Crippen LogP contribution in [0.1, 0.15) is 31.4 Å². The molecular weight excluding hydrogens is 436 g/mol. The molecule has 3 rings (SSSR count). The third-order valence-corrected chi connectivity index (χ3v) is 5.84. The maximum atomic E-state index is 13.2. The first kappa shape index (κ1) is 25.4. The van der Waals surface area contributed by atoms with E-state index in [4.69, 9.17) is 5.73 Å². The van der Waals surface area contributed by atoms with Crippen molar-refractivity contribution in [2.45, 2.75) is 39.3 Å². The Kier molecular flexibility index (Phi) is 8.95. The number of nitrogens with one attached hydrogen (secondary N) is 2. The molecule has 6 nitrogen and oxygen atoms in total. The van der Waals surface area contributed by atoms with Crippen molar-refractivity contribution < 1.29 is 9.59 Å². The van der Waals surface area contributed by atoms with Crippen LogP contribution in [0.4, 0.5) is 5.82 Å². The smallest absolute Gasteiger partial charge is 0.243 e. The zero-order chi connectivity index (χ0) is 25.2. The van der Waals surface area contributed by atoms with Crippen molar-refractivity contribution in [1.82, 2.24) is 15.6 Å². The Morgan fingerprint density at radius 1 is 1.11 bits per heavy atom. The molecule has 180 valence electrons. The minimum absolute atomic E-state index is 0.174. The van der Waals surface area contributed by atoms with Gasteiger partial charge >= 0.3 is 0 Å². The molecular formula is C29H32N4O2. The molecule has 6 heteroatoms. The third-order valence-electron chi connectivity index (χ3n) is 5.84. The summed E-state index contributed by atoms with van der Waals surface area (Å²) in [6, 6.07) is 16.8. The Hall–Kier alpha value is -4.19. The van der Waals surface area contributed by atoms with E-state index in [2.05, 4.69) is 22.2 Å². The van der Waals surface area contributed by atoms with Gasteiger partial charge in [-0.25, -0.2) is 4.98 Å². The molecule has 0 aliphatic carbocycles. The zero-order valence-electron chi connectivity index (χ0n) is 20.3. The van der Waals surface area contributed by atoms with Crippen LogP contribution in [-0.4, -0.2) is 22.8 Å². The van der Waals surface area contributed by atoms with Gasteiger partial charge in [0.25, 0.3) is 0 Å². The van der Waals surface area contributed by atoms with E-state index in [0.29, 0.717) is 12.2 Å². The van der Waals surface area contributed by atoms with E-state index in [-0.39, 0.29) is 24.8 Å². The molecule has 0 aliphatic heterocycles. The van der Waals surface area contributed by atoms with Gasteiger partial charge in [0, 0.05) is 19.2 Å². The van der Waals surface area contributed by atoms with Crippen molar-refractivity contribution in [2.75, 3.05) is 5.73 Å². The number of benzene rings is 2. The molecule has 1 heterocycles. The molecule has 2 aromatic carbocycles. The Labute approximate surface area is 206 Å². The number of carbonyl (C=O) groups is 2. The molecule has 35 heavy (non-hydrogen) atoms. The normalized spacial score (nSPS) is 12.7. The molecule has 4 N–H and O–H groups in total. The van der Waals surface area contributed by atoms with Crippen molar-refractivity contribution >= 4 is 28.4 Å². The average molecular weight is 469 g/mol. The molecule has 1 aromatic heterocycles. The van der Waals surface area contributed by atoms with Crippen LogP contribution in [0.2, 0.25) is 0 Å². The molecule has 0 bridgehead atoms. The van der Waals surface area contributed by atoms with Gasteiger partial charge < -0.3 is 16.4 Å². The summed E-state index contributed by atoms with van der Waals surface area (Å²) in [6.07, 6.45) is 7.63. The Bertz CT molecular complexity index is 1250. The van der Waals surface area contributed by atoms with E-state index < -0.39 is 6.04 Å². The van der Waals surface area contributed by atoms with Crippen LogP contribution in [0.25, 0.3) is 10.8 Å². The average Bonchev–Trinajstić information content (AvgIpc) is 2.86. The Balaban J connectivity index is 1.80. The zero-order valence-corrected chi connectivity index (χ0v) is 20.3. The monoisotopic (exact) mass is 468 g/mol. The van der Waals surface area contributed by atoms with Gasteiger partial charge in [0.2, 0.25) is 11.8 Å². The predicted molar refractivity (Wildman–Crippen MR) is 142 cm³/mol. The molecule has 0 spiro atoms. The standard InChI is InChI=1S/C29H32N4O2/c1-4-9-20(3)22(5-2)17-28(34)33-26(29(35)32-19-21-14-15-27(30)31-18-21)16-24-12-8-11-23-10-6-7-13-25(23)24/h4-15,18,26H,1,16-17,19H2,2-3H3,(H2,30,31)(H,32,35)(H,33,34). The fourth-order valence-corrected chi connectivity index (χ4v) is 3.92. The number of hydrogen-bond acceptors (Lipinski definition) is 4. The van der Waals surface area contributed by atoms with E-state index in [9.17, 15) is 9.59 Å². The quantitative estimate of drug-likeness (QED) is 0.378.